The molecule has 0 spiro atoms. The van der Waals surface area contributed by atoms with Gasteiger partial charge in [-0.2, -0.15) is 0 Å². The molecule has 7 heteroatoms. The van der Waals surface area contributed by atoms with Crippen LogP contribution in [0.15, 0.2) is 60.4 Å². The van der Waals surface area contributed by atoms with Crippen LogP contribution in [0.1, 0.15) is 13.8 Å². The molecule has 0 atom stereocenters. The fourth-order valence-electron chi connectivity index (χ4n) is 1.91. The van der Waals surface area contributed by atoms with E-state index in [1.165, 1.54) is 12.4 Å². The number of hydrogen-bond acceptors (Lipinski definition) is 7. The van der Waals surface area contributed by atoms with Crippen LogP contribution in [0, 0.1) is 0 Å². The molecular weight excluding hydrogens is 336 g/mol. The van der Waals surface area contributed by atoms with Crippen LogP contribution in [0.25, 0.3) is 0 Å². The first-order valence-corrected chi connectivity index (χ1v) is 8.14. The molecule has 1 heterocycles. The number of benzene rings is 1. The Hall–Kier alpha value is -3.35. The number of pyridine rings is 1. The number of rotatable bonds is 8. The summed E-state index contributed by atoms with van der Waals surface area (Å²) in [5.41, 5.74) is 0.342. The number of hydrogen-bond donors (Lipinski definition) is 1. The summed E-state index contributed by atoms with van der Waals surface area (Å²) < 4.78 is 15.3. The van der Waals surface area contributed by atoms with Crippen molar-refractivity contribution < 1.29 is 23.8 Å². The highest BCUT2D eigenvalue weighted by molar-refractivity contribution is 6.14. The predicted molar refractivity (Wildman–Crippen MR) is 95.7 cm³/mol. The van der Waals surface area contributed by atoms with Gasteiger partial charge in [-0.15, -0.1) is 0 Å². The molecule has 2 aromatic rings. The number of carbonyl (C=O) groups excluding carboxylic acids is 2. The molecule has 0 aliphatic carbocycles. The Morgan fingerprint density at radius 2 is 1.65 bits per heavy atom. The van der Waals surface area contributed by atoms with Crippen molar-refractivity contribution in [3.05, 3.63) is 60.4 Å². The van der Waals surface area contributed by atoms with E-state index in [-0.39, 0.29) is 18.8 Å². The molecule has 0 aliphatic heterocycles. The number of para-hydroxylation sites is 1. The monoisotopic (exact) mass is 356 g/mol. The fourth-order valence-corrected chi connectivity index (χ4v) is 1.91. The van der Waals surface area contributed by atoms with Gasteiger partial charge in [-0.25, -0.2) is 14.6 Å². The van der Waals surface area contributed by atoms with Crippen molar-refractivity contribution >= 4 is 17.6 Å². The van der Waals surface area contributed by atoms with Crippen LogP contribution in [0.2, 0.25) is 0 Å². The molecule has 0 saturated heterocycles. The van der Waals surface area contributed by atoms with Gasteiger partial charge in [0.25, 0.3) is 0 Å². The zero-order chi connectivity index (χ0) is 18.8. The highest BCUT2D eigenvalue weighted by atomic mass is 16.6. The molecule has 2 rings (SSSR count). The van der Waals surface area contributed by atoms with Crippen LogP contribution in [0.3, 0.4) is 0 Å². The maximum Gasteiger partial charge on any atom is 0.347 e. The van der Waals surface area contributed by atoms with Gasteiger partial charge in [0.1, 0.15) is 5.75 Å². The van der Waals surface area contributed by atoms with E-state index in [0.29, 0.717) is 17.3 Å². The summed E-state index contributed by atoms with van der Waals surface area (Å²) in [5, 5.41) is 2.83. The van der Waals surface area contributed by atoms with E-state index in [4.69, 9.17) is 14.2 Å². The first-order valence-electron chi connectivity index (χ1n) is 8.14. The van der Waals surface area contributed by atoms with Crippen molar-refractivity contribution in [2.75, 3.05) is 18.5 Å². The van der Waals surface area contributed by atoms with Gasteiger partial charge in [-0.05, 0) is 32.0 Å². The summed E-state index contributed by atoms with van der Waals surface area (Å²) >= 11 is 0. The number of aromatic nitrogens is 1. The molecule has 0 saturated carbocycles. The molecule has 0 radical (unpaired) electrons. The highest BCUT2D eigenvalue weighted by Crippen LogP contribution is 2.20. The molecule has 0 fully saturated rings. The minimum Gasteiger partial charge on any atom is -0.462 e. The summed E-state index contributed by atoms with van der Waals surface area (Å²) in [4.78, 5) is 27.9. The fraction of sp³-hybridized carbons (Fsp3) is 0.211. The summed E-state index contributed by atoms with van der Waals surface area (Å²) in [6.45, 7) is 3.62. The Bertz CT molecular complexity index is 737. The second-order valence-electron chi connectivity index (χ2n) is 4.94. The zero-order valence-corrected chi connectivity index (χ0v) is 14.6. The average molecular weight is 356 g/mol. The van der Waals surface area contributed by atoms with Crippen LogP contribution in [0.4, 0.5) is 5.69 Å². The first-order chi connectivity index (χ1) is 12.6. The predicted octanol–water partition coefficient (Wildman–Crippen LogP) is 3.30. The smallest absolute Gasteiger partial charge is 0.347 e. The number of esters is 2. The lowest BCUT2D eigenvalue weighted by Gasteiger charge is -2.08. The molecule has 1 N–H and O–H groups in total. The van der Waals surface area contributed by atoms with E-state index in [0.717, 1.165) is 0 Å². The number of carbonyl (C=O) groups is 2. The summed E-state index contributed by atoms with van der Waals surface area (Å²) in [6.07, 6.45) is 2.76. The van der Waals surface area contributed by atoms with Gasteiger partial charge in [-0.3, -0.25) is 0 Å². The Morgan fingerprint density at radius 1 is 1.00 bits per heavy atom. The Kier molecular flexibility index (Phi) is 7.17. The Morgan fingerprint density at radius 3 is 2.19 bits per heavy atom. The molecule has 0 amide bonds. The van der Waals surface area contributed by atoms with Crippen LogP contribution >= 0.6 is 0 Å². The van der Waals surface area contributed by atoms with Gasteiger partial charge in [0, 0.05) is 12.3 Å². The lowest BCUT2D eigenvalue weighted by molar-refractivity contribution is -0.146. The second kappa shape index (κ2) is 9.83. The molecule has 0 bridgehead atoms. The minimum atomic E-state index is -0.754. The normalized spacial score (nSPS) is 9.77. The quantitative estimate of drug-likeness (QED) is 0.336. The second-order valence-corrected chi connectivity index (χ2v) is 4.94. The van der Waals surface area contributed by atoms with Crippen molar-refractivity contribution in [2.45, 2.75) is 13.8 Å². The molecule has 136 valence electrons. The Labute approximate surface area is 151 Å². The van der Waals surface area contributed by atoms with Gasteiger partial charge >= 0.3 is 11.9 Å². The van der Waals surface area contributed by atoms with Crippen LogP contribution in [-0.4, -0.2) is 30.1 Å². The van der Waals surface area contributed by atoms with Crippen molar-refractivity contribution in [3.63, 3.8) is 0 Å². The van der Waals surface area contributed by atoms with E-state index < -0.39 is 11.9 Å². The van der Waals surface area contributed by atoms with Crippen molar-refractivity contribution in [2.24, 2.45) is 0 Å². The van der Waals surface area contributed by atoms with Gasteiger partial charge in [-0.1, -0.05) is 18.2 Å². The van der Waals surface area contributed by atoms with E-state index in [9.17, 15) is 9.59 Å². The molecule has 1 aromatic carbocycles. The standard InChI is InChI=1S/C19H20N2O5/c1-3-24-18(22)16(19(23)25-4-2)13-20-14-10-11-17(21-12-14)26-15-8-6-5-7-9-15/h5-13,20H,3-4H2,1-2H3. The third kappa shape index (κ3) is 5.62. The first kappa shape index (κ1) is 19.0. The van der Waals surface area contributed by atoms with Crippen LogP contribution < -0.4 is 10.1 Å². The molecule has 26 heavy (non-hydrogen) atoms. The molecule has 0 aliphatic rings. The molecule has 0 unspecified atom stereocenters. The van der Waals surface area contributed by atoms with E-state index in [1.807, 2.05) is 30.3 Å². The van der Waals surface area contributed by atoms with E-state index in [1.54, 1.807) is 26.0 Å². The SMILES string of the molecule is CCOC(=O)C(=CNc1ccc(Oc2ccccc2)nc1)C(=O)OCC. The maximum absolute atomic E-state index is 11.9. The molecule has 1 aromatic heterocycles. The van der Waals surface area contributed by atoms with Crippen LogP contribution in [-0.2, 0) is 19.1 Å². The third-order valence-electron chi connectivity index (χ3n) is 3.08. The topological polar surface area (TPSA) is 86.8 Å². The average Bonchev–Trinajstić information content (AvgIpc) is 2.64. The van der Waals surface area contributed by atoms with E-state index >= 15 is 0 Å². The number of ether oxygens (including phenoxy) is 3. The van der Waals surface area contributed by atoms with Gasteiger partial charge in [0.05, 0.1) is 25.1 Å². The third-order valence-corrected chi connectivity index (χ3v) is 3.08. The summed E-state index contributed by atoms with van der Waals surface area (Å²) in [7, 11) is 0. The van der Waals surface area contributed by atoms with Gasteiger partial charge in [0.15, 0.2) is 5.57 Å². The zero-order valence-electron chi connectivity index (χ0n) is 14.6. The number of anilines is 1. The number of nitrogens with one attached hydrogen (secondary N) is 1. The molecule has 7 nitrogen and oxygen atoms in total. The lowest BCUT2D eigenvalue weighted by atomic mass is 10.3. The van der Waals surface area contributed by atoms with Gasteiger partial charge in [0.2, 0.25) is 5.88 Å². The molecular formula is C19H20N2O5. The summed E-state index contributed by atoms with van der Waals surface area (Å²) in [6, 6.07) is 12.6. The van der Waals surface area contributed by atoms with Crippen LogP contribution in [0.5, 0.6) is 11.6 Å². The summed E-state index contributed by atoms with van der Waals surface area (Å²) in [5.74, 6) is -0.417. The number of nitrogens with zero attached hydrogens (tertiary/aromatic N) is 1. The Balaban J connectivity index is 2.06. The van der Waals surface area contributed by atoms with Crippen molar-refractivity contribution in [1.29, 1.82) is 0 Å². The largest absolute Gasteiger partial charge is 0.462 e. The van der Waals surface area contributed by atoms with Crippen molar-refractivity contribution in [3.8, 4) is 11.6 Å². The minimum absolute atomic E-state index is 0.155. The maximum atomic E-state index is 11.9. The van der Waals surface area contributed by atoms with E-state index in [2.05, 4.69) is 10.3 Å². The lowest BCUT2D eigenvalue weighted by Crippen LogP contribution is -2.19. The van der Waals surface area contributed by atoms with Crippen molar-refractivity contribution in [1.82, 2.24) is 4.98 Å². The van der Waals surface area contributed by atoms with Gasteiger partial charge < -0.3 is 19.5 Å². The highest BCUT2D eigenvalue weighted by Gasteiger charge is 2.20.